The summed E-state index contributed by atoms with van der Waals surface area (Å²) < 4.78 is 20.4. The molecule has 0 bridgehead atoms. The first kappa shape index (κ1) is 7.75. The number of hydrogen-bond donors (Lipinski definition) is 0. The Bertz CT molecular complexity index is 278. The molecule has 0 N–H and O–H groups in total. The first-order chi connectivity index (χ1) is 5.13. The van der Waals surface area contributed by atoms with Crippen molar-refractivity contribution < 1.29 is 13.8 Å². The van der Waals surface area contributed by atoms with Gasteiger partial charge in [0, 0.05) is 11.1 Å². The smallest absolute Gasteiger partial charge is 0.207 e. The molecule has 0 aliphatic carbocycles. The number of nitrogens with zero attached hydrogens (tertiary/aromatic N) is 4. The summed E-state index contributed by atoms with van der Waals surface area (Å²) >= 11 is -2.68. The van der Waals surface area contributed by atoms with E-state index in [-0.39, 0.29) is 4.79 Å². The van der Waals surface area contributed by atoms with Crippen LogP contribution in [0.4, 0.5) is 0 Å². The maximum absolute atomic E-state index is 10.2. The quantitative estimate of drug-likeness (QED) is 0.310. The van der Waals surface area contributed by atoms with Crippen LogP contribution in [0.3, 0.4) is 0 Å². The fourth-order valence-corrected chi connectivity index (χ4v) is 0.812. The third-order valence-corrected chi connectivity index (χ3v) is 1.44. The first-order valence-electron chi connectivity index (χ1n) is 2.27. The fraction of sp³-hybridized carbons (Fsp3) is 0. The summed E-state index contributed by atoms with van der Waals surface area (Å²) in [7, 11) is 0. The van der Waals surface area contributed by atoms with Crippen molar-refractivity contribution in [2.75, 3.05) is 0 Å². The largest absolute Gasteiger partial charge is 0.767 e. The molecular formula is C2HN4O4S-. The molecule has 1 atom stereocenters. The number of aromatic nitrogens is 3. The number of hydrogen-bond acceptors (Lipinski definition) is 6. The number of rotatable bonds is 2. The van der Waals surface area contributed by atoms with Gasteiger partial charge in [-0.2, -0.15) is 0 Å². The minimum absolute atomic E-state index is 0.0725. The van der Waals surface area contributed by atoms with Crippen LogP contribution in [-0.2, 0) is 11.1 Å². The van der Waals surface area contributed by atoms with Gasteiger partial charge >= 0.3 is 0 Å². The van der Waals surface area contributed by atoms with Crippen LogP contribution >= 0.6 is 0 Å². The Labute approximate surface area is 62.2 Å². The van der Waals surface area contributed by atoms with Gasteiger partial charge in [0.25, 0.3) is 0 Å². The van der Waals surface area contributed by atoms with Crippen molar-refractivity contribution >= 4 is 11.1 Å². The van der Waals surface area contributed by atoms with Crippen molar-refractivity contribution in [2.45, 2.75) is 5.03 Å². The Hall–Kier alpha value is -1.35. The van der Waals surface area contributed by atoms with Gasteiger partial charge in [-0.25, -0.2) is 0 Å². The van der Waals surface area contributed by atoms with E-state index in [4.69, 9.17) is 0 Å². The van der Waals surface area contributed by atoms with E-state index in [1.807, 2.05) is 0 Å². The number of nitro groups is 1. The van der Waals surface area contributed by atoms with E-state index >= 15 is 0 Å². The molecule has 0 radical (unpaired) electrons. The van der Waals surface area contributed by atoms with Crippen LogP contribution in [0.5, 0.6) is 0 Å². The second kappa shape index (κ2) is 2.72. The van der Waals surface area contributed by atoms with E-state index in [1.165, 1.54) is 0 Å². The molecule has 1 aromatic rings. The molecule has 1 unspecified atom stereocenters. The minimum Gasteiger partial charge on any atom is -0.767 e. The molecule has 0 spiro atoms. The predicted molar refractivity (Wildman–Crippen MR) is 29.6 cm³/mol. The summed E-state index contributed by atoms with van der Waals surface area (Å²) in [6.07, 6.45) is 0.784. The molecule has 60 valence electrons. The third-order valence-electron chi connectivity index (χ3n) is 0.827. The molecule has 0 aliphatic rings. The molecule has 0 fully saturated rings. The van der Waals surface area contributed by atoms with E-state index in [0.29, 0.717) is 0 Å². The van der Waals surface area contributed by atoms with Gasteiger partial charge < -0.3 is 14.7 Å². The van der Waals surface area contributed by atoms with E-state index in [0.717, 1.165) is 6.20 Å². The zero-order valence-corrected chi connectivity index (χ0v) is 5.72. The minimum atomic E-state index is -2.68. The van der Waals surface area contributed by atoms with Crippen molar-refractivity contribution in [3.05, 3.63) is 16.3 Å². The first-order valence-corrected chi connectivity index (χ1v) is 3.35. The van der Waals surface area contributed by atoms with Gasteiger partial charge in [-0.1, -0.05) is 0 Å². The SMILES string of the molecule is O=[N+]([O-])n1nncc1S(=O)[O-]. The molecule has 0 amide bonds. The lowest BCUT2D eigenvalue weighted by Crippen LogP contribution is -2.14. The van der Waals surface area contributed by atoms with Gasteiger partial charge in [0.15, 0.2) is 5.21 Å². The van der Waals surface area contributed by atoms with Gasteiger partial charge in [-0.15, -0.1) is 0 Å². The molecule has 1 heterocycles. The summed E-state index contributed by atoms with van der Waals surface area (Å²) in [5.74, 6) is 0. The van der Waals surface area contributed by atoms with Crippen LogP contribution in [-0.4, -0.2) is 28.9 Å². The second-order valence-corrected chi connectivity index (χ2v) is 2.32. The van der Waals surface area contributed by atoms with Gasteiger partial charge in [0.1, 0.15) is 6.20 Å². The van der Waals surface area contributed by atoms with Crippen molar-refractivity contribution in [1.82, 2.24) is 15.1 Å². The molecule has 1 rings (SSSR count). The average molecular weight is 177 g/mol. The van der Waals surface area contributed by atoms with E-state index in [2.05, 4.69) is 10.3 Å². The molecule has 0 saturated carbocycles. The predicted octanol–water partition coefficient (Wildman–Crippen LogP) is -1.44. The molecule has 11 heavy (non-hydrogen) atoms. The molecule has 9 heteroatoms. The lowest BCUT2D eigenvalue weighted by molar-refractivity contribution is -0.560. The van der Waals surface area contributed by atoms with Crippen LogP contribution in [0.1, 0.15) is 0 Å². The highest BCUT2D eigenvalue weighted by molar-refractivity contribution is 7.79. The average Bonchev–Trinajstić information content (AvgIpc) is 2.32. The van der Waals surface area contributed by atoms with Crippen molar-refractivity contribution in [2.24, 2.45) is 0 Å². The molecule has 1 aromatic heterocycles. The summed E-state index contributed by atoms with van der Waals surface area (Å²) in [6, 6.07) is 0. The van der Waals surface area contributed by atoms with Gasteiger partial charge in [-0.05, 0) is 5.10 Å². The highest BCUT2D eigenvalue weighted by Crippen LogP contribution is 1.98. The van der Waals surface area contributed by atoms with Gasteiger partial charge in [0.05, 0.1) is 9.82 Å². The summed E-state index contributed by atoms with van der Waals surface area (Å²) in [4.78, 5) is 10.1. The normalized spacial score (nSPS) is 12.8. The second-order valence-electron chi connectivity index (χ2n) is 1.43. The van der Waals surface area contributed by atoms with Crippen LogP contribution in [0.25, 0.3) is 0 Å². The Morgan fingerprint density at radius 2 is 2.36 bits per heavy atom. The van der Waals surface area contributed by atoms with Crippen LogP contribution in [0.2, 0.25) is 0 Å². The molecule has 0 aromatic carbocycles. The molecule has 0 aliphatic heterocycles. The van der Waals surface area contributed by atoms with Gasteiger partial charge in [0.2, 0.25) is 5.03 Å². The van der Waals surface area contributed by atoms with E-state index < -0.39 is 21.1 Å². The fourth-order valence-electron chi connectivity index (χ4n) is 0.443. The maximum atomic E-state index is 10.2. The topological polar surface area (TPSA) is 114 Å². The third kappa shape index (κ3) is 1.38. The Morgan fingerprint density at radius 1 is 1.73 bits per heavy atom. The van der Waals surface area contributed by atoms with E-state index in [9.17, 15) is 18.9 Å². The lowest BCUT2D eigenvalue weighted by atomic mass is 10.9. The summed E-state index contributed by atoms with van der Waals surface area (Å²) in [5, 5.41) is 14.4. The molecular weight excluding hydrogens is 176 g/mol. The molecule has 0 saturated heterocycles. The van der Waals surface area contributed by atoms with E-state index in [1.54, 1.807) is 0 Å². The highest BCUT2D eigenvalue weighted by Gasteiger charge is 2.12. The van der Waals surface area contributed by atoms with Crippen molar-refractivity contribution in [3.63, 3.8) is 0 Å². The van der Waals surface area contributed by atoms with Crippen molar-refractivity contribution in [3.8, 4) is 0 Å². The Kier molecular flexibility index (Phi) is 1.92. The van der Waals surface area contributed by atoms with Crippen LogP contribution < -0.4 is 0 Å². The van der Waals surface area contributed by atoms with Crippen LogP contribution in [0, 0.1) is 10.1 Å². The van der Waals surface area contributed by atoms with Crippen LogP contribution in [0.15, 0.2) is 11.2 Å². The summed E-state index contributed by atoms with van der Waals surface area (Å²) in [6.45, 7) is 0. The molecule has 8 nitrogen and oxygen atoms in total. The summed E-state index contributed by atoms with van der Waals surface area (Å²) in [5.41, 5.74) is 0. The highest BCUT2D eigenvalue weighted by atomic mass is 32.2. The zero-order chi connectivity index (χ0) is 8.43. The standard InChI is InChI=1S/C2H2N4O4S/c7-6(8)5-2(11(9)10)1-3-4-5/h1H,(H,9,10)/p-1. The lowest BCUT2D eigenvalue weighted by Gasteiger charge is -1.99. The van der Waals surface area contributed by atoms with Crippen molar-refractivity contribution in [1.29, 1.82) is 0 Å². The van der Waals surface area contributed by atoms with Gasteiger partial charge in [-0.3, -0.25) is 4.21 Å². The Morgan fingerprint density at radius 3 is 2.73 bits per heavy atom. The monoisotopic (exact) mass is 177 g/mol. The maximum Gasteiger partial charge on any atom is 0.207 e. The zero-order valence-electron chi connectivity index (χ0n) is 4.91. The Balaban J connectivity index is 3.16.